The van der Waals surface area contributed by atoms with Gasteiger partial charge in [-0.1, -0.05) is 0 Å². The molecule has 0 N–H and O–H groups in total. The average molecular weight is 355 g/mol. The Morgan fingerprint density at radius 3 is 2.93 bits per heavy atom. The second-order valence-corrected chi connectivity index (χ2v) is 5.47. The van der Waals surface area contributed by atoms with Gasteiger partial charge in [0.1, 0.15) is 5.03 Å². The molecule has 0 atom stereocenters. The molecule has 0 aliphatic heterocycles. The van der Waals surface area contributed by atoms with Crippen LogP contribution in [0.1, 0.15) is 6.42 Å². The van der Waals surface area contributed by atoms with Crippen molar-refractivity contribution in [2.24, 2.45) is 0 Å². The number of nitrogens with zero attached hydrogens (tertiary/aromatic N) is 1. The van der Waals surface area contributed by atoms with Gasteiger partial charge in [0.25, 0.3) is 0 Å². The van der Waals surface area contributed by atoms with Crippen molar-refractivity contribution in [1.82, 2.24) is 4.98 Å². The van der Waals surface area contributed by atoms with Gasteiger partial charge in [0, 0.05) is 16.4 Å². The Hall–Kier alpha value is -0.0700. The highest BCUT2D eigenvalue weighted by atomic mass is 79.9. The van der Waals surface area contributed by atoms with E-state index < -0.39 is 0 Å². The van der Waals surface area contributed by atoms with E-state index in [1.807, 2.05) is 6.07 Å². The first-order valence-corrected chi connectivity index (χ1v) is 6.71. The lowest BCUT2D eigenvalue weighted by molar-refractivity contribution is -0.140. The van der Waals surface area contributed by atoms with Gasteiger partial charge in [0.05, 0.1) is 18.0 Å². The van der Waals surface area contributed by atoms with Crippen LogP contribution in [0.3, 0.4) is 0 Å². The van der Waals surface area contributed by atoms with Crippen LogP contribution in [0.2, 0.25) is 0 Å². The van der Waals surface area contributed by atoms with Crippen LogP contribution in [0, 0.1) is 0 Å². The van der Waals surface area contributed by atoms with Crippen LogP contribution in [-0.4, -0.2) is 23.8 Å². The maximum atomic E-state index is 10.9. The summed E-state index contributed by atoms with van der Waals surface area (Å²) in [6, 6.07) is 1.92. The molecular formula is C9H9Br2NO2S. The Morgan fingerprint density at radius 1 is 1.60 bits per heavy atom. The first-order valence-electron chi connectivity index (χ1n) is 4.14. The van der Waals surface area contributed by atoms with Gasteiger partial charge < -0.3 is 4.74 Å². The molecule has 0 bridgehead atoms. The van der Waals surface area contributed by atoms with Gasteiger partial charge in [0.2, 0.25) is 0 Å². The second kappa shape index (κ2) is 6.50. The molecule has 0 spiro atoms. The fourth-order valence-corrected chi connectivity index (χ4v) is 2.96. The van der Waals surface area contributed by atoms with E-state index in [1.165, 1.54) is 18.9 Å². The molecule has 0 aromatic carbocycles. The van der Waals surface area contributed by atoms with Crippen LogP contribution in [0.4, 0.5) is 0 Å². The molecule has 82 valence electrons. The summed E-state index contributed by atoms with van der Waals surface area (Å²) in [6.45, 7) is 0. The molecule has 15 heavy (non-hydrogen) atoms. The maximum Gasteiger partial charge on any atom is 0.306 e. The van der Waals surface area contributed by atoms with Crippen LogP contribution in [0.25, 0.3) is 0 Å². The number of rotatable bonds is 4. The van der Waals surface area contributed by atoms with Gasteiger partial charge in [-0.3, -0.25) is 4.79 Å². The van der Waals surface area contributed by atoms with Crippen molar-refractivity contribution < 1.29 is 9.53 Å². The summed E-state index contributed by atoms with van der Waals surface area (Å²) in [7, 11) is 1.39. The number of ether oxygens (including phenoxy) is 1. The quantitative estimate of drug-likeness (QED) is 0.614. The van der Waals surface area contributed by atoms with Gasteiger partial charge in [-0.25, -0.2) is 4.98 Å². The van der Waals surface area contributed by atoms with E-state index in [0.717, 1.165) is 14.0 Å². The van der Waals surface area contributed by atoms with Crippen LogP contribution >= 0.6 is 43.6 Å². The SMILES string of the molecule is COC(=O)CCSc1ncc(Br)cc1Br. The number of aromatic nitrogens is 1. The zero-order chi connectivity index (χ0) is 11.3. The Labute approximate surface area is 109 Å². The average Bonchev–Trinajstić information content (AvgIpc) is 2.21. The number of pyridine rings is 1. The first kappa shape index (κ1) is 13.0. The minimum Gasteiger partial charge on any atom is -0.469 e. The lowest BCUT2D eigenvalue weighted by Crippen LogP contribution is -2.01. The first-order chi connectivity index (χ1) is 7.13. The standard InChI is InChI=1S/C9H9Br2NO2S/c1-14-8(13)2-3-15-9-7(11)4-6(10)5-12-9/h4-5H,2-3H2,1H3. The van der Waals surface area contributed by atoms with Gasteiger partial charge in [-0.2, -0.15) is 0 Å². The van der Waals surface area contributed by atoms with Gasteiger partial charge in [0.15, 0.2) is 0 Å². The molecule has 0 aliphatic carbocycles. The largest absolute Gasteiger partial charge is 0.469 e. The van der Waals surface area contributed by atoms with E-state index in [9.17, 15) is 4.79 Å². The third-order valence-electron chi connectivity index (χ3n) is 1.55. The van der Waals surface area contributed by atoms with Crippen LogP contribution in [0.15, 0.2) is 26.2 Å². The number of esters is 1. The lowest BCUT2D eigenvalue weighted by Gasteiger charge is -2.02. The number of thioether (sulfide) groups is 1. The molecule has 1 aromatic heterocycles. The summed E-state index contributed by atoms with van der Waals surface area (Å²) in [5, 5.41) is 0.877. The molecule has 0 saturated carbocycles. The monoisotopic (exact) mass is 353 g/mol. The molecular weight excluding hydrogens is 346 g/mol. The van der Waals surface area contributed by atoms with Crippen molar-refractivity contribution in [3.8, 4) is 0 Å². The van der Waals surface area contributed by atoms with Crippen molar-refractivity contribution >= 4 is 49.6 Å². The van der Waals surface area contributed by atoms with Crippen LogP contribution < -0.4 is 0 Å². The number of carbonyl (C=O) groups excluding carboxylic acids is 1. The number of methoxy groups -OCH3 is 1. The lowest BCUT2D eigenvalue weighted by atomic mass is 10.5. The molecule has 0 fully saturated rings. The highest BCUT2D eigenvalue weighted by Crippen LogP contribution is 2.27. The Kier molecular flexibility index (Phi) is 5.63. The number of halogens is 2. The number of carbonyl (C=O) groups is 1. The van der Waals surface area contributed by atoms with E-state index in [1.54, 1.807) is 6.20 Å². The van der Waals surface area contributed by atoms with E-state index in [-0.39, 0.29) is 5.97 Å². The topological polar surface area (TPSA) is 39.2 Å². The molecule has 1 rings (SSSR count). The normalized spacial score (nSPS) is 10.1. The minimum atomic E-state index is -0.198. The Balaban J connectivity index is 2.47. The highest BCUT2D eigenvalue weighted by molar-refractivity contribution is 9.11. The fourth-order valence-electron chi connectivity index (χ4n) is 0.841. The molecule has 3 nitrogen and oxygen atoms in total. The molecule has 6 heteroatoms. The Bertz CT molecular complexity index is 360. The summed E-state index contributed by atoms with van der Waals surface area (Å²) in [5.41, 5.74) is 0. The summed E-state index contributed by atoms with van der Waals surface area (Å²) in [4.78, 5) is 15.1. The fraction of sp³-hybridized carbons (Fsp3) is 0.333. The zero-order valence-electron chi connectivity index (χ0n) is 8.00. The summed E-state index contributed by atoms with van der Waals surface area (Å²) >= 11 is 8.24. The summed E-state index contributed by atoms with van der Waals surface area (Å²) in [6.07, 6.45) is 2.12. The van der Waals surface area contributed by atoms with E-state index >= 15 is 0 Å². The zero-order valence-corrected chi connectivity index (χ0v) is 12.0. The predicted octanol–water partition coefficient (Wildman–Crippen LogP) is 3.26. The van der Waals surface area contributed by atoms with Crippen molar-refractivity contribution in [2.45, 2.75) is 11.4 Å². The number of hydrogen-bond acceptors (Lipinski definition) is 4. The van der Waals surface area contributed by atoms with Crippen molar-refractivity contribution in [3.63, 3.8) is 0 Å². The summed E-state index contributed by atoms with van der Waals surface area (Å²) in [5.74, 6) is 0.468. The predicted molar refractivity (Wildman–Crippen MR) is 67.0 cm³/mol. The van der Waals surface area contributed by atoms with Crippen molar-refractivity contribution in [3.05, 3.63) is 21.2 Å². The molecule has 0 unspecified atom stereocenters. The third kappa shape index (κ3) is 4.53. The molecule has 0 amide bonds. The van der Waals surface area contributed by atoms with Crippen LogP contribution in [-0.2, 0) is 9.53 Å². The number of hydrogen-bond donors (Lipinski definition) is 0. The Morgan fingerprint density at radius 2 is 2.33 bits per heavy atom. The maximum absolute atomic E-state index is 10.9. The van der Waals surface area contributed by atoms with E-state index in [4.69, 9.17) is 0 Å². The van der Waals surface area contributed by atoms with Gasteiger partial charge >= 0.3 is 5.97 Å². The van der Waals surface area contributed by atoms with Gasteiger partial charge in [-0.05, 0) is 37.9 Å². The highest BCUT2D eigenvalue weighted by Gasteiger charge is 2.05. The third-order valence-corrected chi connectivity index (χ3v) is 3.85. The molecule has 1 aromatic rings. The second-order valence-electron chi connectivity index (χ2n) is 2.62. The van der Waals surface area contributed by atoms with Crippen molar-refractivity contribution in [2.75, 3.05) is 12.9 Å². The van der Waals surface area contributed by atoms with Crippen molar-refractivity contribution in [1.29, 1.82) is 0 Å². The van der Waals surface area contributed by atoms with Crippen LogP contribution in [0.5, 0.6) is 0 Å². The van der Waals surface area contributed by atoms with E-state index in [2.05, 4.69) is 41.6 Å². The van der Waals surface area contributed by atoms with E-state index in [0.29, 0.717) is 12.2 Å². The molecule has 1 heterocycles. The smallest absolute Gasteiger partial charge is 0.306 e. The molecule has 0 aliphatic rings. The minimum absolute atomic E-state index is 0.198. The molecule has 0 radical (unpaired) electrons. The van der Waals surface area contributed by atoms with Gasteiger partial charge in [-0.15, -0.1) is 11.8 Å². The molecule has 0 saturated heterocycles. The summed E-state index contributed by atoms with van der Waals surface area (Å²) < 4.78 is 6.39.